The van der Waals surface area contributed by atoms with Crippen molar-refractivity contribution in [3.63, 3.8) is 0 Å². The van der Waals surface area contributed by atoms with Crippen LogP contribution in [0.4, 0.5) is 5.69 Å². The van der Waals surface area contributed by atoms with E-state index in [0.29, 0.717) is 12.0 Å². The molecule has 0 bridgehead atoms. The van der Waals surface area contributed by atoms with Crippen molar-refractivity contribution >= 4 is 5.69 Å². The molecule has 0 heterocycles. The van der Waals surface area contributed by atoms with Gasteiger partial charge in [-0.15, -0.1) is 0 Å². The molecule has 1 nitrogen and oxygen atoms in total. The van der Waals surface area contributed by atoms with E-state index in [0.717, 1.165) is 0 Å². The molecule has 1 aromatic rings. The van der Waals surface area contributed by atoms with Crippen molar-refractivity contribution in [2.24, 2.45) is 5.92 Å². The van der Waals surface area contributed by atoms with Crippen LogP contribution >= 0.6 is 0 Å². The Kier molecular flexibility index (Phi) is 3.78. The van der Waals surface area contributed by atoms with Crippen LogP contribution in [0.2, 0.25) is 0 Å². The Morgan fingerprint density at radius 2 is 1.40 bits per heavy atom. The zero-order valence-corrected chi connectivity index (χ0v) is 10.8. The number of nitrogens with one attached hydrogen (secondary N) is 1. The lowest BCUT2D eigenvalue weighted by Gasteiger charge is -2.22. The van der Waals surface area contributed by atoms with E-state index in [-0.39, 0.29) is 0 Å². The van der Waals surface area contributed by atoms with Gasteiger partial charge in [-0.25, -0.2) is 0 Å². The van der Waals surface area contributed by atoms with Crippen molar-refractivity contribution in [3.05, 3.63) is 28.8 Å². The van der Waals surface area contributed by atoms with E-state index in [1.165, 1.54) is 22.4 Å². The second kappa shape index (κ2) is 4.69. The van der Waals surface area contributed by atoms with E-state index in [9.17, 15) is 0 Å². The third-order valence-electron chi connectivity index (χ3n) is 3.05. The largest absolute Gasteiger partial charge is 0.382 e. The molecular formula is C14H23N. The molecule has 84 valence electrons. The molecule has 0 radical (unpaired) electrons. The summed E-state index contributed by atoms with van der Waals surface area (Å²) in [5.74, 6) is 0.658. The number of rotatable bonds is 3. The predicted molar refractivity (Wildman–Crippen MR) is 68.6 cm³/mol. The fraction of sp³-hybridized carbons (Fsp3) is 0.571. The summed E-state index contributed by atoms with van der Waals surface area (Å²) >= 11 is 0. The molecule has 0 amide bonds. The van der Waals surface area contributed by atoms with Crippen LogP contribution in [0.3, 0.4) is 0 Å². The van der Waals surface area contributed by atoms with Gasteiger partial charge < -0.3 is 5.32 Å². The fourth-order valence-electron chi connectivity index (χ4n) is 1.80. The van der Waals surface area contributed by atoms with Crippen LogP contribution in [0.15, 0.2) is 12.1 Å². The van der Waals surface area contributed by atoms with Gasteiger partial charge in [-0.3, -0.25) is 0 Å². The molecule has 1 N–H and O–H groups in total. The Balaban J connectivity index is 2.95. The summed E-state index contributed by atoms with van der Waals surface area (Å²) in [4.78, 5) is 0. The average Bonchev–Trinajstić information content (AvgIpc) is 2.10. The van der Waals surface area contributed by atoms with Gasteiger partial charge >= 0.3 is 0 Å². The van der Waals surface area contributed by atoms with Crippen LogP contribution in [0.5, 0.6) is 0 Å². The lowest BCUT2D eigenvalue weighted by Crippen LogP contribution is -2.22. The maximum Gasteiger partial charge on any atom is 0.0401 e. The van der Waals surface area contributed by atoms with Gasteiger partial charge in [0.25, 0.3) is 0 Å². The molecule has 1 unspecified atom stereocenters. The van der Waals surface area contributed by atoms with Crippen LogP contribution in [0, 0.1) is 26.7 Å². The van der Waals surface area contributed by atoms with Gasteiger partial charge in [-0.2, -0.15) is 0 Å². The maximum atomic E-state index is 3.61. The van der Waals surface area contributed by atoms with Gasteiger partial charge in [-0.05, 0) is 44.7 Å². The van der Waals surface area contributed by atoms with E-state index < -0.39 is 0 Å². The van der Waals surface area contributed by atoms with Crippen molar-refractivity contribution in [1.29, 1.82) is 0 Å². The fourth-order valence-corrected chi connectivity index (χ4v) is 1.80. The quantitative estimate of drug-likeness (QED) is 0.784. The minimum atomic E-state index is 0.519. The van der Waals surface area contributed by atoms with E-state index >= 15 is 0 Å². The van der Waals surface area contributed by atoms with Crippen molar-refractivity contribution < 1.29 is 0 Å². The maximum absolute atomic E-state index is 3.61. The summed E-state index contributed by atoms with van der Waals surface area (Å²) in [6.07, 6.45) is 0. The van der Waals surface area contributed by atoms with Gasteiger partial charge in [0.15, 0.2) is 0 Å². The molecule has 0 aliphatic rings. The first-order chi connectivity index (χ1) is 6.91. The van der Waals surface area contributed by atoms with E-state index in [1.807, 2.05) is 0 Å². The number of benzene rings is 1. The van der Waals surface area contributed by atoms with Crippen LogP contribution in [-0.4, -0.2) is 6.04 Å². The van der Waals surface area contributed by atoms with Crippen molar-refractivity contribution in [2.75, 3.05) is 5.32 Å². The second-order valence-corrected chi connectivity index (χ2v) is 4.95. The number of hydrogen-bond donors (Lipinski definition) is 1. The predicted octanol–water partition coefficient (Wildman–Crippen LogP) is 4.07. The molecule has 1 aromatic carbocycles. The Morgan fingerprint density at radius 3 is 1.80 bits per heavy atom. The van der Waals surface area contributed by atoms with Crippen LogP contribution in [0.25, 0.3) is 0 Å². The highest BCUT2D eigenvalue weighted by atomic mass is 14.9. The zero-order valence-electron chi connectivity index (χ0n) is 10.8. The van der Waals surface area contributed by atoms with E-state index in [4.69, 9.17) is 0 Å². The summed E-state index contributed by atoms with van der Waals surface area (Å²) in [6.45, 7) is 13.2. The highest BCUT2D eigenvalue weighted by molar-refractivity contribution is 5.58. The molecule has 1 rings (SSSR count). The molecule has 0 saturated carbocycles. The standard InChI is InChI=1S/C14H23N/c1-9(2)13(6)15-14-11(4)7-10(3)8-12(14)5/h7-9,13,15H,1-6H3. The zero-order chi connectivity index (χ0) is 11.6. The molecule has 1 atom stereocenters. The number of anilines is 1. The van der Waals surface area contributed by atoms with E-state index in [1.54, 1.807) is 0 Å². The van der Waals surface area contributed by atoms with Gasteiger partial charge in [-0.1, -0.05) is 31.5 Å². The first kappa shape index (κ1) is 12.1. The minimum Gasteiger partial charge on any atom is -0.382 e. The van der Waals surface area contributed by atoms with Crippen LogP contribution in [-0.2, 0) is 0 Å². The Bertz CT molecular complexity index is 316. The van der Waals surface area contributed by atoms with Crippen molar-refractivity contribution in [2.45, 2.75) is 47.6 Å². The van der Waals surface area contributed by atoms with Gasteiger partial charge in [0, 0.05) is 11.7 Å². The summed E-state index contributed by atoms with van der Waals surface area (Å²) in [6, 6.07) is 5.00. The summed E-state index contributed by atoms with van der Waals surface area (Å²) in [7, 11) is 0. The normalized spacial score (nSPS) is 13.0. The third-order valence-corrected chi connectivity index (χ3v) is 3.05. The van der Waals surface area contributed by atoms with Gasteiger partial charge in [0.05, 0.1) is 0 Å². The van der Waals surface area contributed by atoms with Crippen molar-refractivity contribution in [3.8, 4) is 0 Å². The van der Waals surface area contributed by atoms with Crippen molar-refractivity contribution in [1.82, 2.24) is 0 Å². The Labute approximate surface area is 93.9 Å². The lowest BCUT2D eigenvalue weighted by atomic mass is 10.0. The molecule has 0 aromatic heterocycles. The SMILES string of the molecule is Cc1cc(C)c(NC(C)C(C)C)c(C)c1. The molecule has 0 spiro atoms. The van der Waals surface area contributed by atoms with E-state index in [2.05, 4.69) is 59.0 Å². The first-order valence-corrected chi connectivity index (χ1v) is 5.76. The summed E-state index contributed by atoms with van der Waals surface area (Å²) in [5, 5.41) is 3.61. The minimum absolute atomic E-state index is 0.519. The molecule has 0 aliphatic carbocycles. The van der Waals surface area contributed by atoms with Crippen LogP contribution in [0.1, 0.15) is 37.5 Å². The topological polar surface area (TPSA) is 12.0 Å². The van der Waals surface area contributed by atoms with Crippen LogP contribution < -0.4 is 5.32 Å². The highest BCUT2D eigenvalue weighted by Gasteiger charge is 2.10. The summed E-state index contributed by atoms with van der Waals surface area (Å²) in [5.41, 5.74) is 5.34. The third kappa shape index (κ3) is 2.98. The second-order valence-electron chi connectivity index (χ2n) is 4.95. The molecule has 1 heteroatoms. The Hall–Kier alpha value is -0.980. The lowest BCUT2D eigenvalue weighted by molar-refractivity contribution is 0.559. The highest BCUT2D eigenvalue weighted by Crippen LogP contribution is 2.23. The molecular weight excluding hydrogens is 182 g/mol. The Morgan fingerprint density at radius 1 is 0.933 bits per heavy atom. The van der Waals surface area contributed by atoms with Gasteiger partial charge in [0.1, 0.15) is 0 Å². The number of hydrogen-bond acceptors (Lipinski definition) is 1. The molecule has 0 saturated heterocycles. The monoisotopic (exact) mass is 205 g/mol. The first-order valence-electron chi connectivity index (χ1n) is 5.76. The van der Waals surface area contributed by atoms with Gasteiger partial charge in [0.2, 0.25) is 0 Å². The molecule has 0 aliphatic heterocycles. The summed E-state index contributed by atoms with van der Waals surface area (Å²) < 4.78 is 0. The number of aryl methyl sites for hydroxylation is 3. The smallest absolute Gasteiger partial charge is 0.0401 e. The molecule has 15 heavy (non-hydrogen) atoms. The average molecular weight is 205 g/mol. The molecule has 0 fully saturated rings.